The highest BCUT2D eigenvalue weighted by Gasteiger charge is 2.10. The van der Waals surface area contributed by atoms with Crippen LogP contribution < -0.4 is 5.32 Å². The van der Waals surface area contributed by atoms with Gasteiger partial charge in [0.25, 0.3) is 5.91 Å². The minimum atomic E-state index is 0.0326. The molecule has 34 heavy (non-hydrogen) atoms. The number of hydrogen-bond donors (Lipinski definition) is 1. The number of aromatic nitrogens is 2. The second-order valence-electron chi connectivity index (χ2n) is 9.52. The number of rotatable bonds is 16. The first kappa shape index (κ1) is 26.0. The molecule has 4 nitrogen and oxygen atoms in total. The number of fused-ring (bicyclic) bond motifs is 1. The van der Waals surface area contributed by atoms with E-state index in [9.17, 15) is 4.79 Å². The van der Waals surface area contributed by atoms with Gasteiger partial charge in [-0.05, 0) is 49.9 Å². The molecule has 184 valence electrons. The summed E-state index contributed by atoms with van der Waals surface area (Å²) in [7, 11) is 0. The lowest BCUT2D eigenvalue weighted by Crippen LogP contribution is -2.25. The van der Waals surface area contributed by atoms with E-state index >= 15 is 0 Å². The van der Waals surface area contributed by atoms with Crippen LogP contribution >= 0.6 is 0 Å². The number of aryl methyl sites for hydroxylation is 3. The molecule has 2 aromatic carbocycles. The van der Waals surface area contributed by atoms with Crippen molar-refractivity contribution in [3.8, 4) is 0 Å². The number of nitrogens with zero attached hydrogens (tertiary/aromatic N) is 2. The summed E-state index contributed by atoms with van der Waals surface area (Å²) in [6, 6.07) is 16.3. The van der Waals surface area contributed by atoms with E-state index < -0.39 is 0 Å². The maximum Gasteiger partial charge on any atom is 0.251 e. The van der Waals surface area contributed by atoms with Crippen molar-refractivity contribution >= 4 is 16.9 Å². The van der Waals surface area contributed by atoms with E-state index in [-0.39, 0.29) is 5.91 Å². The average Bonchev–Trinajstić information content (AvgIpc) is 3.20. The summed E-state index contributed by atoms with van der Waals surface area (Å²) in [5.74, 6) is 1.25. The number of amides is 1. The van der Waals surface area contributed by atoms with Crippen LogP contribution in [0.15, 0.2) is 48.5 Å². The van der Waals surface area contributed by atoms with Crippen LogP contribution in [-0.4, -0.2) is 22.0 Å². The number of benzene rings is 2. The van der Waals surface area contributed by atoms with Gasteiger partial charge in [0.1, 0.15) is 5.82 Å². The Morgan fingerprint density at radius 2 is 1.50 bits per heavy atom. The Labute approximate surface area is 206 Å². The molecule has 0 aliphatic heterocycles. The first-order chi connectivity index (χ1) is 16.7. The summed E-state index contributed by atoms with van der Waals surface area (Å²) >= 11 is 0. The smallest absolute Gasteiger partial charge is 0.251 e. The van der Waals surface area contributed by atoms with Crippen molar-refractivity contribution in [3.63, 3.8) is 0 Å². The largest absolute Gasteiger partial charge is 0.352 e. The first-order valence-corrected chi connectivity index (χ1v) is 13.5. The van der Waals surface area contributed by atoms with E-state index in [4.69, 9.17) is 4.98 Å². The van der Waals surface area contributed by atoms with Gasteiger partial charge in [0.2, 0.25) is 0 Å². The summed E-state index contributed by atoms with van der Waals surface area (Å²) < 4.78 is 2.45. The molecular formula is C30H43N3O. The summed E-state index contributed by atoms with van der Waals surface area (Å²) in [4.78, 5) is 17.3. The number of carbonyl (C=O) groups excluding carboxylic acids is 1. The van der Waals surface area contributed by atoms with Gasteiger partial charge in [-0.3, -0.25) is 4.79 Å². The van der Waals surface area contributed by atoms with Crippen LogP contribution in [-0.2, 0) is 13.0 Å². The van der Waals surface area contributed by atoms with E-state index in [0.717, 1.165) is 55.4 Å². The highest BCUT2D eigenvalue weighted by molar-refractivity contribution is 5.95. The van der Waals surface area contributed by atoms with Crippen molar-refractivity contribution in [3.05, 3.63) is 65.5 Å². The predicted octanol–water partition coefficient (Wildman–Crippen LogP) is 7.63. The molecular weight excluding hydrogens is 418 g/mol. The van der Waals surface area contributed by atoms with Gasteiger partial charge in [0.15, 0.2) is 0 Å². The van der Waals surface area contributed by atoms with Gasteiger partial charge >= 0.3 is 0 Å². The van der Waals surface area contributed by atoms with Gasteiger partial charge in [0.05, 0.1) is 11.0 Å². The quantitative estimate of drug-likeness (QED) is 0.223. The molecule has 0 saturated carbocycles. The maximum absolute atomic E-state index is 12.4. The molecule has 0 atom stereocenters. The molecule has 1 amide bonds. The molecule has 1 heterocycles. The number of nitrogens with one attached hydrogen (secondary N) is 1. The van der Waals surface area contributed by atoms with Gasteiger partial charge in [-0.2, -0.15) is 0 Å². The Hall–Kier alpha value is -2.62. The normalized spacial score (nSPS) is 11.2. The Kier molecular flexibility index (Phi) is 11.2. The summed E-state index contributed by atoms with van der Waals surface area (Å²) in [5.41, 5.74) is 4.18. The molecule has 4 heteroatoms. The SMILES string of the molecule is CCCCCCCCCCn1c(CCCCCNC(=O)c2ccccc2C)nc2ccccc21. The van der Waals surface area contributed by atoms with E-state index in [1.807, 2.05) is 31.2 Å². The van der Waals surface area contributed by atoms with Crippen molar-refractivity contribution in [2.24, 2.45) is 0 Å². The van der Waals surface area contributed by atoms with Gasteiger partial charge in [0, 0.05) is 25.1 Å². The lowest BCUT2D eigenvalue weighted by molar-refractivity contribution is 0.0952. The van der Waals surface area contributed by atoms with Gasteiger partial charge in [-0.25, -0.2) is 4.98 Å². The highest BCUT2D eigenvalue weighted by atomic mass is 16.1. The second kappa shape index (κ2) is 14.6. The van der Waals surface area contributed by atoms with E-state index in [2.05, 4.69) is 41.1 Å². The van der Waals surface area contributed by atoms with Crippen LogP contribution in [0.4, 0.5) is 0 Å². The van der Waals surface area contributed by atoms with E-state index in [1.165, 1.54) is 62.7 Å². The molecule has 3 rings (SSSR count). The van der Waals surface area contributed by atoms with E-state index in [0.29, 0.717) is 0 Å². The summed E-state index contributed by atoms with van der Waals surface area (Å²) in [5, 5.41) is 3.07. The van der Waals surface area contributed by atoms with Crippen LogP contribution in [0.1, 0.15) is 99.3 Å². The predicted molar refractivity (Wildman–Crippen MR) is 143 cm³/mol. The van der Waals surface area contributed by atoms with Crippen LogP contribution in [0.3, 0.4) is 0 Å². The molecule has 1 aromatic heterocycles. The van der Waals surface area contributed by atoms with Crippen molar-refractivity contribution in [1.29, 1.82) is 0 Å². The molecule has 0 bridgehead atoms. The van der Waals surface area contributed by atoms with Crippen molar-refractivity contribution in [1.82, 2.24) is 14.9 Å². The minimum Gasteiger partial charge on any atom is -0.352 e. The third-order valence-electron chi connectivity index (χ3n) is 6.72. The lowest BCUT2D eigenvalue weighted by atomic mass is 10.1. The molecule has 0 spiro atoms. The molecule has 0 fully saturated rings. The Morgan fingerprint density at radius 3 is 2.29 bits per heavy atom. The van der Waals surface area contributed by atoms with Crippen molar-refractivity contribution in [2.75, 3.05) is 6.54 Å². The number of unbranched alkanes of at least 4 members (excludes halogenated alkanes) is 9. The van der Waals surface area contributed by atoms with Crippen molar-refractivity contribution in [2.45, 2.75) is 97.4 Å². The number of hydrogen-bond acceptors (Lipinski definition) is 2. The van der Waals surface area contributed by atoms with Gasteiger partial charge in [-0.15, -0.1) is 0 Å². The lowest BCUT2D eigenvalue weighted by Gasteiger charge is -2.10. The van der Waals surface area contributed by atoms with Gasteiger partial charge < -0.3 is 9.88 Å². The van der Waals surface area contributed by atoms with Crippen LogP contribution in [0.5, 0.6) is 0 Å². The Morgan fingerprint density at radius 1 is 0.824 bits per heavy atom. The number of carbonyl (C=O) groups is 1. The fourth-order valence-electron chi connectivity index (χ4n) is 4.68. The standard InChI is InChI=1S/C30H43N3O/c1-3-4-5-6-7-8-9-17-24-33-28-21-15-14-20-27(28)32-29(33)22-11-10-16-23-31-30(34)26-19-13-12-18-25(26)2/h12-15,18-21H,3-11,16-17,22-24H2,1-2H3,(H,31,34). The number of imidazole rings is 1. The monoisotopic (exact) mass is 461 g/mol. The zero-order valence-corrected chi connectivity index (χ0v) is 21.3. The van der Waals surface area contributed by atoms with Gasteiger partial charge in [-0.1, -0.05) is 88.6 Å². The minimum absolute atomic E-state index is 0.0326. The number of para-hydroxylation sites is 2. The fourth-order valence-corrected chi connectivity index (χ4v) is 4.68. The summed E-state index contributed by atoms with van der Waals surface area (Å²) in [6.07, 6.45) is 14.9. The molecule has 0 aliphatic carbocycles. The maximum atomic E-state index is 12.4. The third kappa shape index (κ3) is 8.00. The molecule has 0 radical (unpaired) electrons. The fraction of sp³-hybridized carbons (Fsp3) is 0.533. The summed E-state index contributed by atoms with van der Waals surface area (Å²) in [6.45, 7) is 6.05. The molecule has 0 aliphatic rings. The average molecular weight is 462 g/mol. The highest BCUT2D eigenvalue weighted by Crippen LogP contribution is 2.19. The molecule has 1 N–H and O–H groups in total. The van der Waals surface area contributed by atoms with Crippen LogP contribution in [0, 0.1) is 6.92 Å². The van der Waals surface area contributed by atoms with Crippen molar-refractivity contribution < 1.29 is 4.79 Å². The van der Waals surface area contributed by atoms with Crippen LogP contribution in [0.2, 0.25) is 0 Å². The zero-order valence-electron chi connectivity index (χ0n) is 21.3. The molecule has 0 saturated heterocycles. The Balaban J connectivity index is 1.40. The second-order valence-corrected chi connectivity index (χ2v) is 9.52. The Bertz CT molecular complexity index is 1010. The third-order valence-corrected chi connectivity index (χ3v) is 6.72. The molecule has 0 unspecified atom stereocenters. The van der Waals surface area contributed by atoms with E-state index in [1.54, 1.807) is 0 Å². The molecule has 3 aromatic rings. The van der Waals surface area contributed by atoms with Crippen LogP contribution in [0.25, 0.3) is 11.0 Å². The topological polar surface area (TPSA) is 46.9 Å². The first-order valence-electron chi connectivity index (χ1n) is 13.5. The zero-order chi connectivity index (χ0) is 24.0.